The molecular weight excluding hydrogens is 276 g/mol. The van der Waals surface area contributed by atoms with Crippen molar-refractivity contribution in [3.63, 3.8) is 0 Å². The monoisotopic (exact) mass is 288 g/mol. The lowest BCUT2D eigenvalue weighted by molar-refractivity contribution is 0.517. The number of halogens is 1. The van der Waals surface area contributed by atoms with E-state index in [-0.39, 0.29) is 0 Å². The van der Waals surface area contributed by atoms with Crippen LogP contribution in [-0.4, -0.2) is 5.33 Å². The molecule has 0 spiro atoms. The van der Waals surface area contributed by atoms with Gasteiger partial charge in [0.2, 0.25) is 0 Å². The largest absolute Gasteiger partial charge is 0.197 e. The Labute approximate surface area is 110 Å². The van der Waals surface area contributed by atoms with Gasteiger partial charge in [-0.25, -0.2) is 0 Å². The lowest BCUT2D eigenvalue weighted by atomic mass is 9.85. The number of nitrogens with zero attached hydrogens (tertiary/aromatic N) is 2. The highest BCUT2D eigenvalue weighted by Crippen LogP contribution is 2.26. The summed E-state index contributed by atoms with van der Waals surface area (Å²) >= 11 is 3.28. The molecule has 0 bridgehead atoms. The number of nitriles is 2. The summed E-state index contributed by atoms with van der Waals surface area (Å²) in [6, 6.07) is 14.1. The molecular formula is C14H13BrN2. The summed E-state index contributed by atoms with van der Waals surface area (Å²) in [5.74, 6) is 0. The fourth-order valence-electron chi connectivity index (χ4n) is 1.45. The third-order valence-electron chi connectivity index (χ3n) is 2.53. The molecule has 0 fully saturated rings. The molecule has 0 aliphatic rings. The zero-order chi connectivity index (χ0) is 12.6. The van der Waals surface area contributed by atoms with Crippen LogP contribution in [0.25, 0.3) is 6.08 Å². The van der Waals surface area contributed by atoms with E-state index in [9.17, 15) is 0 Å². The molecule has 0 atom stereocenters. The van der Waals surface area contributed by atoms with E-state index < -0.39 is 5.41 Å². The number of hydrogen-bond donors (Lipinski definition) is 0. The van der Waals surface area contributed by atoms with E-state index in [2.05, 4.69) is 28.1 Å². The highest BCUT2D eigenvalue weighted by Gasteiger charge is 2.27. The molecule has 0 saturated heterocycles. The van der Waals surface area contributed by atoms with Crippen LogP contribution in [0, 0.1) is 28.1 Å². The van der Waals surface area contributed by atoms with Crippen molar-refractivity contribution in [3.8, 4) is 12.1 Å². The summed E-state index contributed by atoms with van der Waals surface area (Å²) in [7, 11) is 0. The van der Waals surface area contributed by atoms with Crippen LogP contribution in [0.3, 0.4) is 0 Å². The van der Waals surface area contributed by atoms with Crippen LogP contribution in [0.5, 0.6) is 0 Å². The topological polar surface area (TPSA) is 47.6 Å². The van der Waals surface area contributed by atoms with E-state index in [4.69, 9.17) is 10.5 Å². The molecule has 0 aromatic heterocycles. The molecule has 0 aliphatic carbocycles. The molecule has 1 rings (SSSR count). The summed E-state index contributed by atoms with van der Waals surface area (Å²) in [5.41, 5.74) is 0.172. The van der Waals surface area contributed by atoms with Gasteiger partial charge in [-0.05, 0) is 18.4 Å². The quantitative estimate of drug-likeness (QED) is 0.771. The van der Waals surface area contributed by atoms with Gasteiger partial charge in [0.1, 0.15) is 5.41 Å². The molecule has 3 heteroatoms. The van der Waals surface area contributed by atoms with E-state index >= 15 is 0 Å². The summed E-state index contributed by atoms with van der Waals surface area (Å²) in [5, 5.41) is 18.8. The van der Waals surface area contributed by atoms with Crippen molar-refractivity contribution in [1.29, 1.82) is 10.5 Å². The van der Waals surface area contributed by atoms with Gasteiger partial charge in [-0.3, -0.25) is 0 Å². The summed E-state index contributed by atoms with van der Waals surface area (Å²) < 4.78 is 0. The molecule has 0 amide bonds. The Morgan fingerprint density at radius 3 is 2.35 bits per heavy atom. The Kier molecular flexibility index (Phi) is 5.46. The fourth-order valence-corrected chi connectivity index (χ4v) is 2.13. The van der Waals surface area contributed by atoms with E-state index in [1.54, 1.807) is 0 Å². The summed E-state index contributed by atoms with van der Waals surface area (Å²) in [4.78, 5) is 0. The van der Waals surface area contributed by atoms with Crippen molar-refractivity contribution in [1.82, 2.24) is 0 Å². The van der Waals surface area contributed by atoms with Crippen molar-refractivity contribution in [2.24, 2.45) is 5.41 Å². The van der Waals surface area contributed by atoms with Crippen LogP contribution in [0.4, 0.5) is 0 Å². The number of benzene rings is 1. The third-order valence-corrected chi connectivity index (χ3v) is 2.92. The van der Waals surface area contributed by atoms with Gasteiger partial charge < -0.3 is 0 Å². The average molecular weight is 289 g/mol. The molecule has 2 nitrogen and oxygen atoms in total. The third kappa shape index (κ3) is 4.06. The van der Waals surface area contributed by atoms with E-state index in [1.807, 2.05) is 42.5 Å². The SMILES string of the molecule is N#CC(C#N)(CC=Cc1ccccc1)CCBr. The summed E-state index contributed by atoms with van der Waals surface area (Å²) in [6.07, 6.45) is 4.84. The zero-order valence-corrected chi connectivity index (χ0v) is 11.0. The minimum Gasteiger partial charge on any atom is -0.197 e. The minimum atomic E-state index is -0.908. The van der Waals surface area contributed by atoms with E-state index in [0.29, 0.717) is 18.2 Å². The Morgan fingerprint density at radius 2 is 1.82 bits per heavy atom. The van der Waals surface area contributed by atoms with Crippen molar-refractivity contribution < 1.29 is 0 Å². The molecule has 0 saturated carbocycles. The lowest BCUT2D eigenvalue weighted by Crippen LogP contribution is -2.15. The molecule has 17 heavy (non-hydrogen) atoms. The van der Waals surface area contributed by atoms with Gasteiger partial charge in [0, 0.05) is 5.33 Å². The molecule has 86 valence electrons. The highest BCUT2D eigenvalue weighted by atomic mass is 79.9. The maximum Gasteiger partial charge on any atom is 0.148 e. The molecule has 0 aliphatic heterocycles. The molecule has 0 heterocycles. The number of hydrogen-bond acceptors (Lipinski definition) is 2. The highest BCUT2D eigenvalue weighted by molar-refractivity contribution is 9.09. The summed E-state index contributed by atoms with van der Waals surface area (Å²) in [6.45, 7) is 0. The van der Waals surface area contributed by atoms with Crippen molar-refractivity contribution in [2.75, 3.05) is 5.33 Å². The molecule has 0 unspecified atom stereocenters. The zero-order valence-electron chi connectivity index (χ0n) is 9.44. The average Bonchev–Trinajstić information content (AvgIpc) is 2.39. The van der Waals surface area contributed by atoms with E-state index in [1.165, 1.54) is 0 Å². The number of allylic oxidation sites excluding steroid dienone is 1. The van der Waals surface area contributed by atoms with Gasteiger partial charge >= 0.3 is 0 Å². The van der Waals surface area contributed by atoms with Gasteiger partial charge in [-0.15, -0.1) is 0 Å². The smallest absolute Gasteiger partial charge is 0.148 e. The van der Waals surface area contributed by atoms with Crippen LogP contribution in [0.2, 0.25) is 0 Å². The van der Waals surface area contributed by atoms with Gasteiger partial charge in [0.05, 0.1) is 12.1 Å². The number of alkyl halides is 1. The standard InChI is InChI=1S/C14H13BrN2/c15-10-9-14(11-16,12-17)8-4-7-13-5-2-1-3-6-13/h1-7H,8-10H2. The Hall–Kier alpha value is -1.58. The van der Waals surface area contributed by atoms with Crippen LogP contribution >= 0.6 is 15.9 Å². The first-order chi connectivity index (χ1) is 8.26. The second-order valence-corrected chi connectivity index (χ2v) is 4.55. The predicted molar refractivity (Wildman–Crippen MR) is 72.2 cm³/mol. The van der Waals surface area contributed by atoms with Crippen molar-refractivity contribution >= 4 is 22.0 Å². The molecule has 1 aromatic carbocycles. The fraction of sp³-hybridized carbons (Fsp3) is 0.286. The number of rotatable bonds is 5. The second-order valence-electron chi connectivity index (χ2n) is 3.76. The Bertz CT molecular complexity index is 437. The van der Waals surface area contributed by atoms with Crippen molar-refractivity contribution in [2.45, 2.75) is 12.8 Å². The molecule has 0 radical (unpaired) electrons. The van der Waals surface area contributed by atoms with Crippen LogP contribution in [0.15, 0.2) is 36.4 Å². The molecule has 1 aromatic rings. The molecule has 0 N–H and O–H groups in total. The van der Waals surface area contributed by atoms with Crippen LogP contribution < -0.4 is 0 Å². The van der Waals surface area contributed by atoms with Gasteiger partial charge in [0.25, 0.3) is 0 Å². The first-order valence-electron chi connectivity index (χ1n) is 5.36. The predicted octanol–water partition coefficient (Wildman–Crippen LogP) is 3.91. The van der Waals surface area contributed by atoms with E-state index in [0.717, 1.165) is 5.56 Å². The van der Waals surface area contributed by atoms with Crippen LogP contribution in [-0.2, 0) is 0 Å². The van der Waals surface area contributed by atoms with Gasteiger partial charge in [-0.2, -0.15) is 10.5 Å². The second kappa shape index (κ2) is 6.89. The Balaban J connectivity index is 2.69. The maximum absolute atomic E-state index is 9.08. The minimum absolute atomic E-state index is 0.459. The first kappa shape index (κ1) is 13.5. The maximum atomic E-state index is 9.08. The Morgan fingerprint density at radius 1 is 1.18 bits per heavy atom. The lowest BCUT2D eigenvalue weighted by Gasteiger charge is -2.14. The normalized spacial score (nSPS) is 11.0. The van der Waals surface area contributed by atoms with Crippen LogP contribution in [0.1, 0.15) is 18.4 Å². The first-order valence-corrected chi connectivity index (χ1v) is 6.48. The van der Waals surface area contributed by atoms with Gasteiger partial charge in [0.15, 0.2) is 0 Å². The van der Waals surface area contributed by atoms with Crippen molar-refractivity contribution in [3.05, 3.63) is 42.0 Å². The van der Waals surface area contributed by atoms with Gasteiger partial charge in [-0.1, -0.05) is 58.4 Å².